The van der Waals surface area contributed by atoms with Gasteiger partial charge in [0.1, 0.15) is 5.82 Å². The van der Waals surface area contributed by atoms with Crippen molar-refractivity contribution in [1.29, 1.82) is 0 Å². The van der Waals surface area contributed by atoms with Crippen LogP contribution in [-0.2, 0) is 6.54 Å². The highest BCUT2D eigenvalue weighted by atomic mass is 19.1. The van der Waals surface area contributed by atoms with Gasteiger partial charge < -0.3 is 10.3 Å². The zero-order chi connectivity index (χ0) is 20.7. The third-order valence-electron chi connectivity index (χ3n) is 5.46. The van der Waals surface area contributed by atoms with E-state index in [1.165, 1.54) is 12.1 Å². The predicted octanol–water partition coefficient (Wildman–Crippen LogP) is 5.55. The minimum Gasteiger partial charge on any atom is -0.366 e. The molecule has 5 aromatic rings. The smallest absolute Gasteiger partial charge is 0.249 e. The molecule has 0 fully saturated rings. The molecule has 145 valence electrons. The van der Waals surface area contributed by atoms with Gasteiger partial charge in [-0.1, -0.05) is 60.7 Å². The van der Waals surface area contributed by atoms with E-state index >= 15 is 0 Å². The molecule has 1 amide bonds. The van der Waals surface area contributed by atoms with Gasteiger partial charge in [-0.15, -0.1) is 0 Å². The zero-order valence-corrected chi connectivity index (χ0v) is 16.1. The predicted molar refractivity (Wildman–Crippen MR) is 118 cm³/mol. The second kappa shape index (κ2) is 7.16. The molecule has 4 heteroatoms. The maximum Gasteiger partial charge on any atom is 0.249 e. The van der Waals surface area contributed by atoms with Gasteiger partial charge in [-0.3, -0.25) is 4.79 Å². The van der Waals surface area contributed by atoms with Crippen molar-refractivity contribution in [1.82, 2.24) is 4.57 Å². The Labute approximate surface area is 173 Å². The Bertz CT molecular complexity index is 1400. The van der Waals surface area contributed by atoms with Crippen LogP contribution in [0.1, 0.15) is 15.9 Å². The van der Waals surface area contributed by atoms with E-state index in [4.69, 9.17) is 5.73 Å². The van der Waals surface area contributed by atoms with Gasteiger partial charge in [0.15, 0.2) is 0 Å². The lowest BCUT2D eigenvalue weighted by molar-refractivity contribution is 0.100. The van der Waals surface area contributed by atoms with Crippen molar-refractivity contribution in [2.24, 2.45) is 5.73 Å². The molecule has 2 N–H and O–H groups in total. The molecule has 1 radical (unpaired) electrons. The summed E-state index contributed by atoms with van der Waals surface area (Å²) in [5, 5.41) is 1.40. The van der Waals surface area contributed by atoms with Gasteiger partial charge in [0.05, 0.1) is 11.0 Å². The summed E-state index contributed by atoms with van der Waals surface area (Å²) in [4.78, 5) is 12.1. The first-order chi connectivity index (χ1) is 14.6. The molecule has 0 aliphatic rings. The summed E-state index contributed by atoms with van der Waals surface area (Å²) in [7, 11) is 0. The molecule has 0 bridgehead atoms. The summed E-state index contributed by atoms with van der Waals surface area (Å²) in [6.45, 7) is 0.518. The number of halogens is 1. The van der Waals surface area contributed by atoms with Crippen LogP contribution < -0.4 is 5.73 Å². The first kappa shape index (κ1) is 18.1. The van der Waals surface area contributed by atoms with E-state index in [1.807, 2.05) is 41.0 Å². The molecule has 30 heavy (non-hydrogen) atoms. The summed E-state index contributed by atoms with van der Waals surface area (Å²) in [6.07, 6.45) is 0. The van der Waals surface area contributed by atoms with E-state index in [0.717, 1.165) is 22.2 Å². The molecule has 0 spiro atoms. The minimum absolute atomic E-state index is 0.372. The van der Waals surface area contributed by atoms with Crippen LogP contribution >= 0.6 is 0 Å². The Balaban J connectivity index is 1.78. The number of nitrogens with two attached hydrogens (primary N) is 1. The molecule has 0 aliphatic heterocycles. The van der Waals surface area contributed by atoms with E-state index in [-0.39, 0.29) is 5.82 Å². The average Bonchev–Trinajstić information content (AvgIpc) is 3.07. The van der Waals surface area contributed by atoms with Crippen molar-refractivity contribution >= 4 is 27.7 Å². The maximum absolute atomic E-state index is 14.2. The summed E-state index contributed by atoms with van der Waals surface area (Å²) < 4.78 is 16.2. The van der Waals surface area contributed by atoms with Gasteiger partial charge in [0.2, 0.25) is 5.91 Å². The fourth-order valence-corrected chi connectivity index (χ4v) is 4.13. The molecule has 1 aromatic heterocycles. The van der Waals surface area contributed by atoms with E-state index in [2.05, 4.69) is 30.3 Å². The van der Waals surface area contributed by atoms with E-state index in [0.29, 0.717) is 28.4 Å². The number of carbonyl (C=O) groups is 1. The molecular weight excluding hydrogens is 375 g/mol. The third kappa shape index (κ3) is 2.94. The van der Waals surface area contributed by atoms with Crippen molar-refractivity contribution in [3.63, 3.8) is 0 Å². The van der Waals surface area contributed by atoms with Crippen LogP contribution in [0.15, 0.2) is 84.9 Å². The first-order valence-electron chi connectivity index (χ1n) is 9.69. The summed E-state index contributed by atoms with van der Waals surface area (Å²) >= 11 is 0. The van der Waals surface area contributed by atoms with Crippen LogP contribution in [-0.4, -0.2) is 10.5 Å². The van der Waals surface area contributed by atoms with Gasteiger partial charge in [-0.2, -0.15) is 0 Å². The number of benzene rings is 4. The number of aromatic nitrogens is 1. The van der Waals surface area contributed by atoms with Gasteiger partial charge in [-0.05, 0) is 47.0 Å². The molecule has 0 unspecified atom stereocenters. The Morgan fingerprint density at radius 2 is 1.70 bits per heavy atom. The lowest BCUT2D eigenvalue weighted by Crippen LogP contribution is -2.11. The van der Waals surface area contributed by atoms with Crippen molar-refractivity contribution in [3.05, 3.63) is 108 Å². The summed E-state index contributed by atoms with van der Waals surface area (Å²) in [5.74, 6) is -0.884. The maximum atomic E-state index is 14.2. The van der Waals surface area contributed by atoms with Crippen molar-refractivity contribution < 1.29 is 9.18 Å². The number of hydrogen-bond acceptors (Lipinski definition) is 1. The van der Waals surface area contributed by atoms with Gasteiger partial charge in [-0.25, -0.2) is 4.39 Å². The van der Waals surface area contributed by atoms with Crippen LogP contribution in [0.5, 0.6) is 0 Å². The SMILES string of the molecule is NC(=O)c1cccc2c1c1[c]cc(F)cc1n2Cc1ccccc1-c1ccccc1. The van der Waals surface area contributed by atoms with Crippen LogP contribution in [0.25, 0.3) is 32.9 Å². The highest BCUT2D eigenvalue weighted by molar-refractivity contribution is 6.17. The van der Waals surface area contributed by atoms with Crippen molar-refractivity contribution in [3.8, 4) is 11.1 Å². The number of rotatable bonds is 4. The fraction of sp³-hybridized carbons (Fsp3) is 0.0385. The lowest BCUT2D eigenvalue weighted by Gasteiger charge is -2.13. The number of carbonyl (C=O) groups excluding carboxylic acids is 1. The summed E-state index contributed by atoms with van der Waals surface area (Å²) in [6, 6.07) is 29.5. The zero-order valence-electron chi connectivity index (χ0n) is 16.1. The van der Waals surface area contributed by atoms with Crippen molar-refractivity contribution in [2.45, 2.75) is 6.54 Å². The largest absolute Gasteiger partial charge is 0.366 e. The molecule has 0 saturated heterocycles. The molecule has 1 heterocycles. The molecule has 3 nitrogen and oxygen atoms in total. The quantitative estimate of drug-likeness (QED) is 0.428. The molecule has 5 rings (SSSR count). The van der Waals surface area contributed by atoms with Gasteiger partial charge >= 0.3 is 0 Å². The van der Waals surface area contributed by atoms with E-state index in [1.54, 1.807) is 12.1 Å². The Kier molecular flexibility index (Phi) is 4.32. The van der Waals surface area contributed by atoms with Crippen LogP contribution in [0, 0.1) is 11.9 Å². The Morgan fingerprint density at radius 1 is 0.933 bits per heavy atom. The van der Waals surface area contributed by atoms with Crippen molar-refractivity contribution in [2.75, 3.05) is 0 Å². The monoisotopic (exact) mass is 393 g/mol. The second-order valence-electron chi connectivity index (χ2n) is 7.25. The normalized spacial score (nSPS) is 11.2. The van der Waals surface area contributed by atoms with Crippen LogP contribution in [0.4, 0.5) is 4.39 Å². The minimum atomic E-state index is -0.512. The van der Waals surface area contributed by atoms with E-state index in [9.17, 15) is 9.18 Å². The number of hydrogen-bond donors (Lipinski definition) is 1. The van der Waals surface area contributed by atoms with Crippen LogP contribution in [0.2, 0.25) is 0 Å². The average molecular weight is 393 g/mol. The molecule has 0 saturated carbocycles. The number of primary amides is 1. The number of amides is 1. The van der Waals surface area contributed by atoms with Crippen LogP contribution in [0.3, 0.4) is 0 Å². The highest BCUT2D eigenvalue weighted by Crippen LogP contribution is 2.34. The molecular formula is C26H18FN2O. The molecule has 4 aromatic carbocycles. The van der Waals surface area contributed by atoms with Gasteiger partial charge in [0.25, 0.3) is 0 Å². The molecule has 0 atom stereocenters. The highest BCUT2D eigenvalue weighted by Gasteiger charge is 2.18. The fourth-order valence-electron chi connectivity index (χ4n) is 4.13. The topological polar surface area (TPSA) is 48.0 Å². The number of nitrogens with zero attached hydrogens (tertiary/aromatic N) is 1. The number of fused-ring (bicyclic) bond motifs is 3. The third-order valence-corrected chi connectivity index (χ3v) is 5.46. The summed E-state index contributed by atoms with van der Waals surface area (Å²) in [5.41, 5.74) is 10.9. The van der Waals surface area contributed by atoms with E-state index < -0.39 is 5.91 Å². The lowest BCUT2D eigenvalue weighted by atomic mass is 9.99. The Morgan fingerprint density at radius 3 is 2.50 bits per heavy atom. The second-order valence-corrected chi connectivity index (χ2v) is 7.25. The molecule has 0 aliphatic carbocycles. The Hall–Kier alpha value is -3.92. The van der Waals surface area contributed by atoms with Gasteiger partial charge in [0, 0.05) is 22.9 Å². The first-order valence-corrected chi connectivity index (χ1v) is 9.69. The standard InChI is InChI=1S/C26H18FN2O/c27-19-13-14-21-24(15-19)29(23-12-6-11-22(25(21)23)26(28)30)16-18-9-4-5-10-20(18)17-7-2-1-3-8-17/h1-13,15H,16H2,(H2,28,30).